The summed E-state index contributed by atoms with van der Waals surface area (Å²) in [5.74, 6) is 0.832. The van der Waals surface area contributed by atoms with Gasteiger partial charge >= 0.3 is 5.97 Å². The summed E-state index contributed by atoms with van der Waals surface area (Å²) in [6.45, 7) is 6.43. The van der Waals surface area contributed by atoms with E-state index in [0.29, 0.717) is 11.5 Å². The topological polar surface area (TPSA) is 35.5 Å². The Bertz CT molecular complexity index is 692. The van der Waals surface area contributed by atoms with E-state index >= 15 is 0 Å². The number of ether oxygens (including phenoxy) is 2. The molecule has 0 bridgehead atoms. The largest absolute Gasteiger partial charge is 0.496 e. The van der Waals surface area contributed by atoms with Crippen molar-refractivity contribution in [3.05, 3.63) is 65.7 Å². The van der Waals surface area contributed by atoms with Crippen LogP contribution in [0.5, 0.6) is 11.5 Å². The molecule has 120 valence electrons. The van der Waals surface area contributed by atoms with Crippen LogP contribution in [0.1, 0.15) is 31.9 Å². The molecule has 0 aliphatic carbocycles. The molecule has 0 fully saturated rings. The molecule has 0 aliphatic rings. The van der Waals surface area contributed by atoms with Crippen LogP contribution in [0.15, 0.2) is 54.6 Å². The van der Waals surface area contributed by atoms with Gasteiger partial charge in [-0.25, -0.2) is 4.79 Å². The summed E-state index contributed by atoms with van der Waals surface area (Å²) in [6.07, 6.45) is 3.08. The number of carbonyl (C=O) groups is 1. The van der Waals surface area contributed by atoms with Gasteiger partial charge in [0.25, 0.3) is 0 Å². The smallest absolute Gasteiger partial charge is 0.336 e. The average molecular weight is 310 g/mol. The Hall–Kier alpha value is -2.55. The van der Waals surface area contributed by atoms with Crippen LogP contribution in [0.25, 0.3) is 6.08 Å². The molecule has 0 saturated carbocycles. The lowest BCUT2D eigenvalue weighted by molar-refractivity contribution is -0.128. The third-order valence-corrected chi connectivity index (χ3v) is 3.48. The normalized spacial score (nSPS) is 11.5. The van der Waals surface area contributed by atoms with Crippen molar-refractivity contribution < 1.29 is 14.3 Å². The number of hydrogen-bond donors (Lipinski definition) is 0. The van der Waals surface area contributed by atoms with Crippen LogP contribution >= 0.6 is 0 Å². The standard InChI is InChI=1S/C20H22O3/c1-20(2,3)16-10-12-17(13-11-16)23-19(21)14-9-15-7-5-6-8-18(15)22-4/h5-14H,1-4H3/b14-9+. The second kappa shape index (κ2) is 7.14. The Kier molecular flexibility index (Phi) is 5.22. The number of benzene rings is 2. The predicted octanol–water partition coefficient (Wildman–Crippen LogP) is 4.61. The SMILES string of the molecule is COc1ccccc1/C=C/C(=O)Oc1ccc(C(C)(C)C)cc1. The van der Waals surface area contributed by atoms with Gasteiger partial charge in [0, 0.05) is 11.6 Å². The van der Waals surface area contributed by atoms with E-state index in [-0.39, 0.29) is 5.41 Å². The van der Waals surface area contributed by atoms with Gasteiger partial charge in [0.2, 0.25) is 0 Å². The zero-order chi connectivity index (χ0) is 16.9. The number of para-hydroxylation sites is 1. The molecule has 0 spiro atoms. The molecule has 3 heteroatoms. The molecular weight excluding hydrogens is 288 g/mol. The second-order valence-corrected chi connectivity index (χ2v) is 6.27. The van der Waals surface area contributed by atoms with Crippen molar-refractivity contribution in [2.24, 2.45) is 0 Å². The van der Waals surface area contributed by atoms with Crippen molar-refractivity contribution in [3.63, 3.8) is 0 Å². The first-order valence-electron chi connectivity index (χ1n) is 7.53. The van der Waals surface area contributed by atoms with Gasteiger partial charge in [-0.2, -0.15) is 0 Å². The molecule has 2 rings (SSSR count). The highest BCUT2D eigenvalue weighted by atomic mass is 16.5. The molecule has 0 atom stereocenters. The second-order valence-electron chi connectivity index (χ2n) is 6.27. The number of esters is 1. The van der Waals surface area contributed by atoms with Gasteiger partial charge in [0.1, 0.15) is 11.5 Å². The van der Waals surface area contributed by atoms with E-state index in [1.54, 1.807) is 13.2 Å². The molecule has 0 unspecified atom stereocenters. The van der Waals surface area contributed by atoms with E-state index in [2.05, 4.69) is 20.8 Å². The van der Waals surface area contributed by atoms with Crippen molar-refractivity contribution in [2.45, 2.75) is 26.2 Å². The highest BCUT2D eigenvalue weighted by molar-refractivity contribution is 5.89. The van der Waals surface area contributed by atoms with Crippen molar-refractivity contribution in [2.75, 3.05) is 7.11 Å². The van der Waals surface area contributed by atoms with E-state index in [1.807, 2.05) is 48.5 Å². The minimum atomic E-state index is -0.417. The molecule has 2 aromatic rings. The van der Waals surface area contributed by atoms with Crippen LogP contribution in [-0.4, -0.2) is 13.1 Å². The third-order valence-electron chi connectivity index (χ3n) is 3.48. The maximum atomic E-state index is 11.9. The van der Waals surface area contributed by atoms with E-state index in [9.17, 15) is 4.79 Å². The quantitative estimate of drug-likeness (QED) is 0.470. The van der Waals surface area contributed by atoms with Crippen molar-refractivity contribution >= 4 is 12.0 Å². The summed E-state index contributed by atoms with van der Waals surface area (Å²) < 4.78 is 10.5. The Morgan fingerprint density at radius 2 is 1.65 bits per heavy atom. The van der Waals surface area contributed by atoms with Gasteiger partial charge in [-0.3, -0.25) is 0 Å². The van der Waals surface area contributed by atoms with E-state index in [0.717, 1.165) is 5.56 Å². The fourth-order valence-electron chi connectivity index (χ4n) is 2.14. The Balaban J connectivity index is 2.03. The first-order valence-corrected chi connectivity index (χ1v) is 7.53. The number of methoxy groups -OCH3 is 1. The molecule has 0 aliphatic heterocycles. The molecule has 0 saturated heterocycles. The van der Waals surface area contributed by atoms with Gasteiger partial charge in [-0.05, 0) is 35.3 Å². The third kappa shape index (κ3) is 4.71. The summed E-state index contributed by atoms with van der Waals surface area (Å²) >= 11 is 0. The molecule has 0 radical (unpaired) electrons. The fraction of sp³-hybridized carbons (Fsp3) is 0.250. The first-order chi connectivity index (χ1) is 10.9. The number of hydrogen-bond acceptors (Lipinski definition) is 3. The molecule has 23 heavy (non-hydrogen) atoms. The summed E-state index contributed by atoms with van der Waals surface area (Å²) in [5.41, 5.74) is 2.10. The summed E-state index contributed by atoms with van der Waals surface area (Å²) in [7, 11) is 1.60. The van der Waals surface area contributed by atoms with Crippen LogP contribution in [0.2, 0.25) is 0 Å². The van der Waals surface area contributed by atoms with Crippen molar-refractivity contribution in [1.29, 1.82) is 0 Å². The zero-order valence-electron chi connectivity index (χ0n) is 14.0. The fourth-order valence-corrected chi connectivity index (χ4v) is 2.14. The van der Waals surface area contributed by atoms with Gasteiger partial charge < -0.3 is 9.47 Å². The van der Waals surface area contributed by atoms with Crippen LogP contribution in [0, 0.1) is 0 Å². The van der Waals surface area contributed by atoms with Crippen LogP contribution < -0.4 is 9.47 Å². The maximum absolute atomic E-state index is 11.9. The van der Waals surface area contributed by atoms with Gasteiger partial charge in [0.05, 0.1) is 7.11 Å². The van der Waals surface area contributed by atoms with Crippen molar-refractivity contribution in [3.8, 4) is 11.5 Å². The molecule has 0 aromatic heterocycles. The maximum Gasteiger partial charge on any atom is 0.336 e. The molecule has 0 N–H and O–H groups in total. The lowest BCUT2D eigenvalue weighted by atomic mass is 9.87. The molecular formula is C20H22O3. The van der Waals surface area contributed by atoms with Crippen LogP contribution in [-0.2, 0) is 10.2 Å². The minimum Gasteiger partial charge on any atom is -0.496 e. The monoisotopic (exact) mass is 310 g/mol. The highest BCUT2D eigenvalue weighted by Gasteiger charge is 2.13. The predicted molar refractivity (Wildman–Crippen MR) is 92.8 cm³/mol. The Labute approximate surface area is 137 Å². The molecule has 2 aromatic carbocycles. The minimum absolute atomic E-state index is 0.0757. The first kappa shape index (κ1) is 16.8. The van der Waals surface area contributed by atoms with Gasteiger partial charge in [-0.1, -0.05) is 51.1 Å². The average Bonchev–Trinajstić information content (AvgIpc) is 2.53. The van der Waals surface area contributed by atoms with E-state index in [1.165, 1.54) is 11.6 Å². The highest BCUT2D eigenvalue weighted by Crippen LogP contribution is 2.24. The molecule has 3 nitrogen and oxygen atoms in total. The van der Waals surface area contributed by atoms with Crippen LogP contribution in [0.3, 0.4) is 0 Å². The van der Waals surface area contributed by atoms with Crippen LogP contribution in [0.4, 0.5) is 0 Å². The molecule has 0 heterocycles. The lowest BCUT2D eigenvalue weighted by Gasteiger charge is -2.18. The molecule has 0 amide bonds. The summed E-state index contributed by atoms with van der Waals surface area (Å²) in [4.78, 5) is 11.9. The Morgan fingerprint density at radius 1 is 1.00 bits per heavy atom. The van der Waals surface area contributed by atoms with E-state index < -0.39 is 5.97 Å². The number of carbonyl (C=O) groups excluding carboxylic acids is 1. The van der Waals surface area contributed by atoms with Crippen molar-refractivity contribution in [1.82, 2.24) is 0 Å². The number of rotatable bonds is 4. The Morgan fingerprint density at radius 3 is 2.26 bits per heavy atom. The summed E-state index contributed by atoms with van der Waals surface area (Å²) in [5, 5.41) is 0. The lowest BCUT2D eigenvalue weighted by Crippen LogP contribution is -2.11. The summed E-state index contributed by atoms with van der Waals surface area (Å²) in [6, 6.07) is 15.1. The zero-order valence-corrected chi connectivity index (χ0v) is 14.0. The van der Waals surface area contributed by atoms with Gasteiger partial charge in [0.15, 0.2) is 0 Å². The van der Waals surface area contributed by atoms with E-state index in [4.69, 9.17) is 9.47 Å². The van der Waals surface area contributed by atoms with Gasteiger partial charge in [-0.15, -0.1) is 0 Å².